The van der Waals surface area contributed by atoms with Crippen LogP contribution in [-0.2, 0) is 6.54 Å². The maximum Gasteiger partial charge on any atom is 0.159 e. The van der Waals surface area contributed by atoms with E-state index in [-0.39, 0.29) is 5.54 Å². The molecule has 0 radical (unpaired) electrons. The van der Waals surface area contributed by atoms with Gasteiger partial charge in [-0.15, -0.1) is 0 Å². The van der Waals surface area contributed by atoms with Crippen molar-refractivity contribution in [3.8, 4) is 0 Å². The maximum atomic E-state index is 13.3. The van der Waals surface area contributed by atoms with Gasteiger partial charge in [-0.2, -0.15) is 0 Å². The van der Waals surface area contributed by atoms with E-state index < -0.39 is 11.6 Å². The van der Waals surface area contributed by atoms with Gasteiger partial charge in [0.2, 0.25) is 0 Å². The molecule has 0 amide bonds. The summed E-state index contributed by atoms with van der Waals surface area (Å²) in [6.07, 6.45) is 2.24. The van der Waals surface area contributed by atoms with Crippen LogP contribution in [0.3, 0.4) is 0 Å². The van der Waals surface area contributed by atoms with Gasteiger partial charge in [-0.25, -0.2) is 8.78 Å². The summed E-state index contributed by atoms with van der Waals surface area (Å²) in [4.78, 5) is 2.38. The monoisotopic (exact) mass is 282 g/mol. The van der Waals surface area contributed by atoms with Gasteiger partial charge in [0.15, 0.2) is 11.6 Å². The fraction of sp³-hybridized carbons (Fsp3) is 0.625. The van der Waals surface area contributed by atoms with Gasteiger partial charge in [-0.1, -0.05) is 19.4 Å². The van der Waals surface area contributed by atoms with E-state index in [0.717, 1.165) is 31.5 Å². The molecule has 2 rings (SSSR count). The highest BCUT2D eigenvalue weighted by Gasteiger charge is 2.31. The van der Waals surface area contributed by atoms with Crippen LogP contribution in [0, 0.1) is 11.6 Å². The van der Waals surface area contributed by atoms with Crippen LogP contribution in [0.25, 0.3) is 0 Å². The normalized spacial score (nSPS) is 22.9. The third-order valence-electron chi connectivity index (χ3n) is 3.92. The van der Waals surface area contributed by atoms with Gasteiger partial charge in [-0.3, -0.25) is 4.90 Å². The number of piperazine rings is 1. The molecule has 20 heavy (non-hydrogen) atoms. The van der Waals surface area contributed by atoms with E-state index in [2.05, 4.69) is 31.0 Å². The smallest absolute Gasteiger partial charge is 0.159 e. The Hall–Kier alpha value is -1.00. The molecule has 0 saturated carbocycles. The molecule has 1 aliphatic heterocycles. The molecule has 112 valence electrons. The summed E-state index contributed by atoms with van der Waals surface area (Å²) in [6.45, 7) is 9.06. The van der Waals surface area contributed by atoms with Crippen molar-refractivity contribution in [1.82, 2.24) is 10.2 Å². The molecule has 1 N–H and O–H groups in total. The zero-order valence-corrected chi connectivity index (χ0v) is 12.5. The van der Waals surface area contributed by atoms with Gasteiger partial charge in [0.05, 0.1) is 0 Å². The van der Waals surface area contributed by atoms with Gasteiger partial charge in [0.1, 0.15) is 0 Å². The Morgan fingerprint density at radius 1 is 1.30 bits per heavy atom. The summed E-state index contributed by atoms with van der Waals surface area (Å²) in [6, 6.07) is 4.66. The zero-order valence-electron chi connectivity index (χ0n) is 12.5. The summed E-state index contributed by atoms with van der Waals surface area (Å²) in [5, 5.41) is 3.55. The first-order chi connectivity index (χ1) is 9.41. The van der Waals surface area contributed by atoms with Gasteiger partial charge in [-0.05, 0) is 38.0 Å². The van der Waals surface area contributed by atoms with Crippen molar-refractivity contribution in [3.05, 3.63) is 35.4 Å². The van der Waals surface area contributed by atoms with Gasteiger partial charge in [0, 0.05) is 31.2 Å². The lowest BCUT2D eigenvalue weighted by Gasteiger charge is -2.44. The lowest BCUT2D eigenvalue weighted by atomic mass is 9.96. The Balaban J connectivity index is 2.11. The first-order valence-electron chi connectivity index (χ1n) is 7.34. The van der Waals surface area contributed by atoms with Crippen LogP contribution in [0.5, 0.6) is 0 Å². The number of benzene rings is 1. The largest absolute Gasteiger partial charge is 0.309 e. The first-order valence-corrected chi connectivity index (χ1v) is 7.34. The Morgan fingerprint density at radius 2 is 2.05 bits per heavy atom. The third-order valence-corrected chi connectivity index (χ3v) is 3.92. The number of halogens is 2. The van der Waals surface area contributed by atoms with Crippen molar-refractivity contribution in [2.45, 2.75) is 51.7 Å². The Kier molecular flexibility index (Phi) is 4.76. The molecule has 0 aromatic heterocycles. The Morgan fingerprint density at radius 3 is 2.70 bits per heavy atom. The van der Waals surface area contributed by atoms with E-state index in [1.165, 1.54) is 12.1 Å². The second kappa shape index (κ2) is 6.19. The zero-order chi connectivity index (χ0) is 14.8. The molecule has 1 aromatic carbocycles. The number of nitrogens with zero attached hydrogens (tertiary/aromatic N) is 1. The number of nitrogens with one attached hydrogen (secondary N) is 1. The lowest BCUT2D eigenvalue weighted by Crippen LogP contribution is -2.61. The van der Waals surface area contributed by atoms with Crippen molar-refractivity contribution in [2.75, 3.05) is 13.1 Å². The molecule has 0 aliphatic carbocycles. The molecular weight excluding hydrogens is 258 g/mol. The number of hydrogen-bond donors (Lipinski definition) is 1. The minimum Gasteiger partial charge on any atom is -0.309 e. The summed E-state index contributed by atoms with van der Waals surface area (Å²) < 4.78 is 26.3. The van der Waals surface area contributed by atoms with Gasteiger partial charge >= 0.3 is 0 Å². The highest BCUT2D eigenvalue weighted by molar-refractivity contribution is 5.18. The van der Waals surface area contributed by atoms with Crippen molar-refractivity contribution in [1.29, 1.82) is 0 Å². The van der Waals surface area contributed by atoms with Crippen molar-refractivity contribution < 1.29 is 8.78 Å². The van der Waals surface area contributed by atoms with Crippen LogP contribution >= 0.6 is 0 Å². The molecule has 0 spiro atoms. The Labute approximate surface area is 120 Å². The lowest BCUT2D eigenvalue weighted by molar-refractivity contribution is 0.0825. The second-order valence-electron chi connectivity index (χ2n) is 6.36. The topological polar surface area (TPSA) is 15.3 Å². The SMILES string of the molecule is CCCC1CNC(C)(C)CN1Cc1ccc(F)c(F)c1. The molecule has 1 saturated heterocycles. The number of rotatable bonds is 4. The minimum absolute atomic E-state index is 0.0583. The van der Waals surface area contributed by atoms with Gasteiger partial charge < -0.3 is 5.32 Å². The van der Waals surface area contributed by atoms with Crippen molar-refractivity contribution in [2.24, 2.45) is 0 Å². The summed E-state index contributed by atoms with van der Waals surface area (Å²) >= 11 is 0. The van der Waals surface area contributed by atoms with Crippen LogP contribution in [0.2, 0.25) is 0 Å². The highest BCUT2D eigenvalue weighted by atomic mass is 19.2. The first kappa shape index (κ1) is 15.4. The summed E-state index contributed by atoms with van der Waals surface area (Å²) in [5.74, 6) is -1.54. The van der Waals surface area contributed by atoms with E-state index in [1.807, 2.05) is 0 Å². The van der Waals surface area contributed by atoms with E-state index in [4.69, 9.17) is 0 Å². The van der Waals surface area contributed by atoms with Crippen LogP contribution in [0.1, 0.15) is 39.2 Å². The quantitative estimate of drug-likeness (QED) is 0.911. The molecule has 0 bridgehead atoms. The predicted molar refractivity (Wildman–Crippen MR) is 77.5 cm³/mol. The van der Waals surface area contributed by atoms with E-state index in [9.17, 15) is 8.78 Å². The average Bonchev–Trinajstić information content (AvgIpc) is 2.37. The van der Waals surface area contributed by atoms with Crippen LogP contribution in [-0.4, -0.2) is 29.6 Å². The van der Waals surface area contributed by atoms with E-state index in [0.29, 0.717) is 12.6 Å². The minimum atomic E-state index is -0.778. The fourth-order valence-electron chi connectivity index (χ4n) is 2.89. The molecular formula is C16H24F2N2. The molecule has 1 heterocycles. The Bertz CT molecular complexity index is 460. The molecule has 1 atom stereocenters. The molecule has 1 fully saturated rings. The molecule has 4 heteroatoms. The molecule has 1 unspecified atom stereocenters. The van der Waals surface area contributed by atoms with Crippen molar-refractivity contribution >= 4 is 0 Å². The summed E-state index contributed by atoms with van der Waals surface area (Å²) in [7, 11) is 0. The predicted octanol–water partition coefficient (Wildman–Crippen LogP) is 3.32. The molecule has 1 aliphatic rings. The van der Waals surface area contributed by atoms with E-state index in [1.54, 1.807) is 6.07 Å². The molecule has 1 aromatic rings. The third kappa shape index (κ3) is 3.76. The van der Waals surface area contributed by atoms with Crippen LogP contribution in [0.4, 0.5) is 8.78 Å². The highest BCUT2D eigenvalue weighted by Crippen LogP contribution is 2.21. The second-order valence-corrected chi connectivity index (χ2v) is 6.36. The standard InChI is InChI=1S/C16H24F2N2/c1-4-5-13-9-19-16(2,3)11-20(13)10-12-6-7-14(17)15(18)8-12/h6-8,13,19H,4-5,9-11H2,1-3H3. The average molecular weight is 282 g/mol. The van der Waals surface area contributed by atoms with Gasteiger partial charge in [0.25, 0.3) is 0 Å². The maximum absolute atomic E-state index is 13.3. The van der Waals surface area contributed by atoms with Crippen LogP contribution in [0.15, 0.2) is 18.2 Å². The number of hydrogen-bond acceptors (Lipinski definition) is 2. The van der Waals surface area contributed by atoms with Crippen LogP contribution < -0.4 is 5.32 Å². The fourth-order valence-corrected chi connectivity index (χ4v) is 2.89. The van der Waals surface area contributed by atoms with E-state index >= 15 is 0 Å². The summed E-state index contributed by atoms with van der Waals surface area (Å²) in [5.41, 5.74) is 0.894. The molecule has 2 nitrogen and oxygen atoms in total. The van der Waals surface area contributed by atoms with Crippen molar-refractivity contribution in [3.63, 3.8) is 0 Å².